The third kappa shape index (κ3) is 8.37. The van der Waals surface area contributed by atoms with E-state index in [4.69, 9.17) is 4.74 Å². The van der Waals surface area contributed by atoms with Crippen LogP contribution in [0.5, 0.6) is 0 Å². The number of nitrogens with zero attached hydrogens (tertiary/aromatic N) is 3. The second-order valence-electron chi connectivity index (χ2n) is 8.99. The summed E-state index contributed by atoms with van der Waals surface area (Å²) in [4.78, 5) is 46.8. The molecule has 1 fully saturated rings. The smallest absolute Gasteiger partial charge is 0.307 e. The lowest BCUT2D eigenvalue weighted by atomic mass is 9.96. The van der Waals surface area contributed by atoms with Crippen LogP contribution in [0.4, 0.5) is 0 Å². The zero-order valence-electron chi connectivity index (χ0n) is 20.8. The fraction of sp³-hybridized carbons (Fsp3) is 0.750. The Morgan fingerprint density at radius 1 is 1.33 bits per heavy atom. The van der Waals surface area contributed by atoms with E-state index in [0.29, 0.717) is 25.8 Å². The van der Waals surface area contributed by atoms with Crippen LogP contribution < -0.4 is 5.32 Å². The molecular formula is C24H40N4O4S. The van der Waals surface area contributed by atoms with E-state index < -0.39 is 6.04 Å². The average molecular weight is 481 g/mol. The number of aromatic nitrogens is 1. The number of carbonyl (C=O) groups excluding carboxylic acids is 3. The Hall–Kier alpha value is -2.00. The second kappa shape index (κ2) is 13.6. The average Bonchev–Trinajstić information content (AvgIpc) is 3.21. The van der Waals surface area contributed by atoms with Crippen LogP contribution >= 0.6 is 11.3 Å². The topological polar surface area (TPSA) is 91.8 Å². The Kier molecular flexibility index (Phi) is 11.3. The summed E-state index contributed by atoms with van der Waals surface area (Å²) in [7, 11) is 1.96. The summed E-state index contributed by atoms with van der Waals surface area (Å²) in [6, 6.07) is -0.882. The molecule has 8 nitrogen and oxygen atoms in total. The molecule has 0 aliphatic carbocycles. The molecule has 186 valence electrons. The van der Waals surface area contributed by atoms with Crippen LogP contribution in [0, 0.1) is 12.8 Å². The highest BCUT2D eigenvalue weighted by atomic mass is 32.1. The molecule has 1 saturated heterocycles. The lowest BCUT2D eigenvalue weighted by Crippen LogP contribution is -2.57. The molecule has 1 aromatic heterocycles. The summed E-state index contributed by atoms with van der Waals surface area (Å²) in [5.41, 5.74) is 0.948. The molecule has 0 saturated carbocycles. The van der Waals surface area contributed by atoms with Gasteiger partial charge in [-0.2, -0.15) is 0 Å². The van der Waals surface area contributed by atoms with E-state index in [9.17, 15) is 14.4 Å². The number of esters is 1. The van der Waals surface area contributed by atoms with E-state index in [1.54, 1.807) is 16.2 Å². The Bertz CT molecular complexity index is 784. The molecular weight excluding hydrogens is 440 g/mol. The van der Waals surface area contributed by atoms with Gasteiger partial charge < -0.3 is 15.0 Å². The van der Waals surface area contributed by atoms with Gasteiger partial charge in [0.2, 0.25) is 11.8 Å². The lowest BCUT2D eigenvalue weighted by molar-refractivity contribution is -0.155. The molecule has 9 heteroatoms. The van der Waals surface area contributed by atoms with Gasteiger partial charge in [-0.25, -0.2) is 4.98 Å². The minimum atomic E-state index is -0.666. The molecule has 2 heterocycles. The van der Waals surface area contributed by atoms with E-state index in [-0.39, 0.29) is 36.5 Å². The molecule has 33 heavy (non-hydrogen) atoms. The SMILES string of the molecule is CCCC(=O)OCN(CCc1nc(C)cs1)C(=O)C(NC(=O)C1CCCCN1C)C(C)CC. The van der Waals surface area contributed by atoms with Gasteiger partial charge in [0.05, 0.1) is 11.0 Å². The van der Waals surface area contributed by atoms with E-state index in [2.05, 4.69) is 15.2 Å². The first-order valence-corrected chi connectivity index (χ1v) is 13.0. The first-order chi connectivity index (χ1) is 15.8. The fourth-order valence-electron chi connectivity index (χ4n) is 3.95. The summed E-state index contributed by atoms with van der Waals surface area (Å²) in [6.07, 6.45) is 5.21. The number of hydrogen-bond acceptors (Lipinski definition) is 7. The molecule has 0 radical (unpaired) electrons. The number of rotatable bonds is 12. The zero-order valence-corrected chi connectivity index (χ0v) is 21.6. The van der Waals surface area contributed by atoms with Crippen molar-refractivity contribution in [2.45, 2.75) is 84.7 Å². The van der Waals surface area contributed by atoms with E-state index >= 15 is 0 Å². The van der Waals surface area contributed by atoms with Gasteiger partial charge in [-0.15, -0.1) is 11.3 Å². The van der Waals surface area contributed by atoms with Gasteiger partial charge in [-0.1, -0.05) is 33.6 Å². The molecule has 3 unspecified atom stereocenters. The number of likely N-dealkylation sites (tertiary alicyclic amines) is 1. The van der Waals surface area contributed by atoms with Gasteiger partial charge in [0.25, 0.3) is 0 Å². The molecule has 1 aromatic rings. The van der Waals surface area contributed by atoms with Crippen LogP contribution in [-0.2, 0) is 25.5 Å². The van der Waals surface area contributed by atoms with E-state index in [1.807, 2.05) is 40.1 Å². The second-order valence-corrected chi connectivity index (χ2v) is 9.94. The molecule has 1 N–H and O–H groups in total. The highest BCUT2D eigenvalue weighted by Crippen LogP contribution is 2.18. The van der Waals surface area contributed by atoms with Crippen molar-refractivity contribution in [3.05, 3.63) is 16.1 Å². The highest BCUT2D eigenvalue weighted by molar-refractivity contribution is 7.09. The van der Waals surface area contributed by atoms with Crippen LogP contribution in [0.25, 0.3) is 0 Å². The maximum atomic E-state index is 13.6. The van der Waals surface area contributed by atoms with E-state index in [1.165, 1.54) is 0 Å². The summed E-state index contributed by atoms with van der Waals surface area (Å²) < 4.78 is 5.39. The standard InChI is InChI=1S/C24H40N4O4S/c1-6-10-21(29)32-16-28(14-12-20-25-18(4)15-33-20)24(31)22(17(3)7-2)26-23(30)19-11-8-9-13-27(19)5/h15,17,19,22H,6-14,16H2,1-5H3,(H,26,30). The third-order valence-electron chi connectivity index (χ3n) is 6.26. The fourth-order valence-corrected chi connectivity index (χ4v) is 4.71. The van der Waals surface area contributed by atoms with Crippen LogP contribution in [0.2, 0.25) is 0 Å². The van der Waals surface area contributed by atoms with Gasteiger partial charge in [0.1, 0.15) is 6.04 Å². The van der Waals surface area contributed by atoms with Gasteiger partial charge in [-0.3, -0.25) is 19.3 Å². The number of piperidine rings is 1. The minimum Gasteiger partial charge on any atom is -0.444 e. The molecule has 2 rings (SSSR count). The maximum Gasteiger partial charge on any atom is 0.307 e. The quantitative estimate of drug-likeness (QED) is 0.365. The number of nitrogens with one attached hydrogen (secondary N) is 1. The maximum absolute atomic E-state index is 13.6. The van der Waals surface area contributed by atoms with Crippen molar-refractivity contribution >= 4 is 29.1 Å². The van der Waals surface area contributed by atoms with Gasteiger partial charge in [0, 0.05) is 30.5 Å². The summed E-state index contributed by atoms with van der Waals surface area (Å²) in [5.74, 6) is -0.692. The lowest BCUT2D eigenvalue weighted by Gasteiger charge is -2.35. The zero-order chi connectivity index (χ0) is 24.4. The van der Waals surface area contributed by atoms with Gasteiger partial charge >= 0.3 is 5.97 Å². The molecule has 0 aromatic carbocycles. The Labute approximate surface area is 202 Å². The van der Waals surface area contributed by atoms with Crippen molar-refractivity contribution < 1.29 is 19.1 Å². The Morgan fingerprint density at radius 2 is 2.09 bits per heavy atom. The Morgan fingerprint density at radius 3 is 2.70 bits per heavy atom. The van der Waals surface area contributed by atoms with Crippen LogP contribution in [0.3, 0.4) is 0 Å². The number of likely N-dealkylation sites (N-methyl/N-ethyl adjacent to an activating group) is 1. The number of carbonyl (C=O) groups is 3. The number of ether oxygens (including phenoxy) is 1. The molecule has 1 aliphatic rings. The van der Waals surface area contributed by atoms with Crippen molar-refractivity contribution in [3.8, 4) is 0 Å². The van der Waals surface area contributed by atoms with Crippen molar-refractivity contribution in [1.82, 2.24) is 20.1 Å². The van der Waals surface area contributed by atoms with E-state index in [0.717, 1.165) is 42.9 Å². The largest absolute Gasteiger partial charge is 0.444 e. The molecule has 0 spiro atoms. The van der Waals surface area contributed by atoms with Crippen molar-refractivity contribution in [2.75, 3.05) is 26.9 Å². The van der Waals surface area contributed by atoms with Crippen molar-refractivity contribution in [1.29, 1.82) is 0 Å². The first kappa shape index (κ1) is 27.2. The number of hydrogen-bond donors (Lipinski definition) is 1. The number of aryl methyl sites for hydroxylation is 1. The number of amides is 2. The Balaban J connectivity index is 2.14. The van der Waals surface area contributed by atoms with Crippen LogP contribution in [0.1, 0.15) is 70.0 Å². The predicted octanol–water partition coefficient (Wildman–Crippen LogP) is 3.14. The monoisotopic (exact) mass is 480 g/mol. The normalized spacial score (nSPS) is 18.4. The minimum absolute atomic E-state index is 0.0497. The first-order valence-electron chi connectivity index (χ1n) is 12.1. The molecule has 1 aliphatic heterocycles. The summed E-state index contributed by atoms with van der Waals surface area (Å²) >= 11 is 1.55. The van der Waals surface area contributed by atoms with Crippen LogP contribution in [-0.4, -0.2) is 71.5 Å². The molecule has 2 amide bonds. The van der Waals surface area contributed by atoms with Gasteiger partial charge in [0.15, 0.2) is 6.73 Å². The van der Waals surface area contributed by atoms with Crippen molar-refractivity contribution in [2.24, 2.45) is 5.92 Å². The molecule has 3 atom stereocenters. The van der Waals surface area contributed by atoms with Gasteiger partial charge in [-0.05, 0) is 45.7 Å². The summed E-state index contributed by atoms with van der Waals surface area (Å²) in [6.45, 7) is 8.96. The molecule has 0 bridgehead atoms. The predicted molar refractivity (Wildman–Crippen MR) is 130 cm³/mol. The van der Waals surface area contributed by atoms with Crippen LogP contribution in [0.15, 0.2) is 5.38 Å². The summed E-state index contributed by atoms with van der Waals surface area (Å²) in [5, 5.41) is 5.94. The third-order valence-corrected chi connectivity index (χ3v) is 7.29. The highest BCUT2D eigenvalue weighted by Gasteiger charge is 2.34. The number of thiazole rings is 1. The van der Waals surface area contributed by atoms with Crippen molar-refractivity contribution in [3.63, 3.8) is 0 Å².